The molecule has 3 heterocycles. The molecule has 0 spiro atoms. The summed E-state index contributed by atoms with van der Waals surface area (Å²) in [5.74, 6) is 1.82. The summed E-state index contributed by atoms with van der Waals surface area (Å²) in [7, 11) is 1.56. The predicted octanol–water partition coefficient (Wildman–Crippen LogP) is 5.52. The fourth-order valence-electron chi connectivity index (χ4n) is 3.56. The molecule has 6 nitrogen and oxygen atoms in total. The first-order valence-electron chi connectivity index (χ1n) is 10.1. The Kier molecular flexibility index (Phi) is 6.08. The monoisotopic (exact) mass is 440 g/mol. The van der Waals surface area contributed by atoms with E-state index in [9.17, 15) is 4.39 Å². The summed E-state index contributed by atoms with van der Waals surface area (Å²) >= 11 is 1.59. The fourth-order valence-corrected chi connectivity index (χ4v) is 4.34. The second kappa shape index (κ2) is 8.93. The van der Waals surface area contributed by atoms with Gasteiger partial charge in [-0.3, -0.25) is 0 Å². The van der Waals surface area contributed by atoms with Gasteiger partial charge in [-0.1, -0.05) is 0 Å². The molecule has 0 bridgehead atoms. The van der Waals surface area contributed by atoms with Crippen molar-refractivity contribution >= 4 is 28.1 Å². The fraction of sp³-hybridized carbons (Fsp3) is 0.304. The standard InChI is InChI=1S/C23H25FN4O2S/c1-14(2)30-17-10-22(31-12-17)19-11-23(27-13-26-19)25-5-6-28-15(3)7-18-20(28)8-16(24)9-21(18)29-4/h7-14H,5-6H2,1-4H3,(H,25,26,27). The van der Waals surface area contributed by atoms with Crippen LogP contribution in [0.1, 0.15) is 19.5 Å². The number of rotatable bonds is 8. The third-order valence-corrected chi connectivity index (χ3v) is 5.81. The van der Waals surface area contributed by atoms with Gasteiger partial charge in [0.05, 0.1) is 29.3 Å². The van der Waals surface area contributed by atoms with Crippen LogP contribution in [0.15, 0.2) is 42.0 Å². The summed E-state index contributed by atoms with van der Waals surface area (Å²) < 4.78 is 27.1. The molecule has 0 unspecified atom stereocenters. The predicted molar refractivity (Wildman–Crippen MR) is 123 cm³/mol. The molecule has 1 N–H and O–H groups in total. The van der Waals surface area contributed by atoms with Crippen LogP contribution in [0.5, 0.6) is 11.5 Å². The van der Waals surface area contributed by atoms with Crippen LogP contribution < -0.4 is 14.8 Å². The van der Waals surface area contributed by atoms with Crippen molar-refractivity contribution in [3.63, 3.8) is 0 Å². The molecule has 0 aliphatic carbocycles. The molecule has 8 heteroatoms. The van der Waals surface area contributed by atoms with Crippen LogP contribution in [-0.2, 0) is 6.54 Å². The first-order chi connectivity index (χ1) is 14.9. The minimum absolute atomic E-state index is 0.131. The Balaban J connectivity index is 1.47. The lowest BCUT2D eigenvalue weighted by atomic mass is 10.2. The topological polar surface area (TPSA) is 61.2 Å². The van der Waals surface area contributed by atoms with Crippen LogP contribution in [0.25, 0.3) is 21.5 Å². The van der Waals surface area contributed by atoms with E-state index in [1.807, 2.05) is 44.4 Å². The van der Waals surface area contributed by atoms with Gasteiger partial charge in [0.2, 0.25) is 0 Å². The van der Waals surface area contributed by atoms with E-state index in [1.165, 1.54) is 6.07 Å². The lowest BCUT2D eigenvalue weighted by Crippen LogP contribution is -2.12. The van der Waals surface area contributed by atoms with Crippen molar-refractivity contribution in [1.29, 1.82) is 0 Å². The first-order valence-corrected chi connectivity index (χ1v) is 11.0. The molecule has 0 atom stereocenters. The van der Waals surface area contributed by atoms with E-state index < -0.39 is 0 Å². The third kappa shape index (κ3) is 4.64. The average molecular weight is 441 g/mol. The zero-order valence-electron chi connectivity index (χ0n) is 18.0. The summed E-state index contributed by atoms with van der Waals surface area (Å²) in [5, 5.41) is 6.23. The molecule has 0 amide bonds. The van der Waals surface area contributed by atoms with Gasteiger partial charge in [0.25, 0.3) is 0 Å². The van der Waals surface area contributed by atoms with Gasteiger partial charge in [-0.05, 0) is 32.9 Å². The maximum atomic E-state index is 14.0. The number of thiophene rings is 1. The van der Waals surface area contributed by atoms with Crippen molar-refractivity contribution in [1.82, 2.24) is 14.5 Å². The van der Waals surface area contributed by atoms with Gasteiger partial charge in [0.1, 0.15) is 29.5 Å². The molecule has 0 aliphatic heterocycles. The Morgan fingerprint density at radius 1 is 1.16 bits per heavy atom. The van der Waals surface area contributed by atoms with Crippen LogP contribution in [0.3, 0.4) is 0 Å². The largest absolute Gasteiger partial charge is 0.496 e. The second-order valence-electron chi connectivity index (χ2n) is 7.51. The third-order valence-electron chi connectivity index (χ3n) is 4.88. The van der Waals surface area contributed by atoms with Gasteiger partial charge < -0.3 is 19.4 Å². The van der Waals surface area contributed by atoms with Crippen molar-refractivity contribution in [3.8, 4) is 22.1 Å². The zero-order chi connectivity index (χ0) is 22.0. The number of aryl methyl sites for hydroxylation is 1. The van der Waals surface area contributed by atoms with E-state index in [0.717, 1.165) is 38.7 Å². The van der Waals surface area contributed by atoms with E-state index in [0.29, 0.717) is 18.8 Å². The Labute approximate surface area is 184 Å². The summed E-state index contributed by atoms with van der Waals surface area (Å²) in [6.45, 7) is 7.31. The maximum Gasteiger partial charge on any atom is 0.131 e. The summed E-state index contributed by atoms with van der Waals surface area (Å²) in [5.41, 5.74) is 2.70. The molecule has 4 aromatic rings. The minimum Gasteiger partial charge on any atom is -0.496 e. The smallest absolute Gasteiger partial charge is 0.131 e. The SMILES string of the molecule is COc1cc(F)cc2c1cc(C)n2CCNc1cc(-c2cc(OC(C)C)cs2)ncn1. The minimum atomic E-state index is -0.311. The highest BCUT2D eigenvalue weighted by Gasteiger charge is 2.12. The molecule has 0 saturated carbocycles. The summed E-state index contributed by atoms with van der Waals surface area (Å²) in [6, 6.07) is 8.89. The van der Waals surface area contributed by atoms with Crippen molar-refractivity contribution < 1.29 is 13.9 Å². The highest BCUT2D eigenvalue weighted by molar-refractivity contribution is 7.13. The van der Waals surface area contributed by atoms with Crippen LogP contribution in [-0.4, -0.2) is 34.3 Å². The van der Waals surface area contributed by atoms with Crippen molar-refractivity contribution in [2.75, 3.05) is 19.0 Å². The molecule has 4 rings (SSSR count). The number of hydrogen-bond acceptors (Lipinski definition) is 6. The van der Waals surface area contributed by atoms with Crippen LogP contribution >= 0.6 is 11.3 Å². The molecule has 0 saturated heterocycles. The van der Waals surface area contributed by atoms with Crippen molar-refractivity contribution in [2.24, 2.45) is 0 Å². The molecule has 0 radical (unpaired) electrons. The van der Waals surface area contributed by atoms with Crippen molar-refractivity contribution in [3.05, 3.63) is 53.6 Å². The number of hydrogen-bond donors (Lipinski definition) is 1. The van der Waals surface area contributed by atoms with Crippen LogP contribution in [0, 0.1) is 12.7 Å². The van der Waals surface area contributed by atoms with Crippen LogP contribution in [0.2, 0.25) is 0 Å². The van der Waals surface area contributed by atoms with E-state index in [-0.39, 0.29) is 11.9 Å². The molecular formula is C23H25FN4O2S. The molecule has 3 aromatic heterocycles. The van der Waals surface area contributed by atoms with Gasteiger partial charge in [0, 0.05) is 47.7 Å². The number of anilines is 1. The summed E-state index contributed by atoms with van der Waals surface area (Å²) in [6.07, 6.45) is 1.68. The van der Waals surface area contributed by atoms with E-state index in [4.69, 9.17) is 9.47 Å². The van der Waals surface area contributed by atoms with Gasteiger partial charge >= 0.3 is 0 Å². The number of nitrogens with zero attached hydrogens (tertiary/aromatic N) is 3. The molecule has 31 heavy (non-hydrogen) atoms. The number of ether oxygens (including phenoxy) is 2. The van der Waals surface area contributed by atoms with E-state index >= 15 is 0 Å². The molecule has 162 valence electrons. The molecule has 1 aromatic carbocycles. The lowest BCUT2D eigenvalue weighted by molar-refractivity contribution is 0.243. The highest BCUT2D eigenvalue weighted by Crippen LogP contribution is 2.32. The van der Waals surface area contributed by atoms with Gasteiger partial charge in [-0.15, -0.1) is 11.3 Å². The normalized spacial score (nSPS) is 11.3. The lowest BCUT2D eigenvalue weighted by Gasteiger charge is -2.11. The average Bonchev–Trinajstić information content (AvgIpc) is 3.32. The van der Waals surface area contributed by atoms with E-state index in [1.54, 1.807) is 30.8 Å². The Morgan fingerprint density at radius 2 is 2.00 bits per heavy atom. The number of halogens is 1. The Hall–Kier alpha value is -3.13. The van der Waals surface area contributed by atoms with Crippen LogP contribution in [0.4, 0.5) is 10.2 Å². The van der Waals surface area contributed by atoms with Gasteiger partial charge in [0.15, 0.2) is 0 Å². The maximum absolute atomic E-state index is 14.0. The van der Waals surface area contributed by atoms with Crippen molar-refractivity contribution in [2.45, 2.75) is 33.4 Å². The van der Waals surface area contributed by atoms with Gasteiger partial charge in [-0.2, -0.15) is 0 Å². The first kappa shape index (κ1) is 21.1. The summed E-state index contributed by atoms with van der Waals surface area (Å²) in [4.78, 5) is 9.74. The van der Waals surface area contributed by atoms with Gasteiger partial charge in [-0.25, -0.2) is 14.4 Å². The molecular weight excluding hydrogens is 415 g/mol. The Bertz CT molecular complexity index is 1200. The quantitative estimate of drug-likeness (QED) is 0.391. The zero-order valence-corrected chi connectivity index (χ0v) is 18.8. The Morgan fingerprint density at radius 3 is 2.77 bits per heavy atom. The molecule has 0 aliphatic rings. The number of fused-ring (bicyclic) bond motifs is 1. The number of methoxy groups -OCH3 is 1. The number of aromatic nitrogens is 3. The second-order valence-corrected chi connectivity index (χ2v) is 8.42. The van der Waals surface area contributed by atoms with E-state index in [2.05, 4.69) is 19.9 Å². The molecule has 0 fully saturated rings. The highest BCUT2D eigenvalue weighted by atomic mass is 32.1. The number of benzene rings is 1. The number of nitrogens with one attached hydrogen (secondary N) is 1.